The van der Waals surface area contributed by atoms with E-state index in [9.17, 15) is 9.59 Å². The molecule has 0 bridgehead atoms. The molecule has 0 fully saturated rings. The van der Waals surface area contributed by atoms with Gasteiger partial charge in [0, 0.05) is 17.8 Å². The number of nitrogens with zero attached hydrogens (tertiary/aromatic N) is 2. The van der Waals surface area contributed by atoms with Gasteiger partial charge in [-0.1, -0.05) is 24.3 Å². The van der Waals surface area contributed by atoms with Gasteiger partial charge in [-0.3, -0.25) is 14.7 Å². The highest BCUT2D eigenvalue weighted by Gasteiger charge is 2.17. The zero-order valence-corrected chi connectivity index (χ0v) is 14.1. The predicted molar refractivity (Wildman–Crippen MR) is 94.7 cm³/mol. The third kappa shape index (κ3) is 4.53. The molecule has 1 aliphatic carbocycles. The summed E-state index contributed by atoms with van der Waals surface area (Å²) in [6.45, 7) is 2.33. The zero-order chi connectivity index (χ0) is 17.6. The van der Waals surface area contributed by atoms with Crippen LogP contribution in [0.1, 0.15) is 25.1 Å². The number of hydrogen-bond acceptors (Lipinski definition) is 4. The van der Waals surface area contributed by atoms with Crippen LogP contribution in [0.2, 0.25) is 0 Å². The molecule has 25 heavy (non-hydrogen) atoms. The summed E-state index contributed by atoms with van der Waals surface area (Å²) in [6.07, 6.45) is 7.28. The Morgan fingerprint density at radius 1 is 1.28 bits per heavy atom. The third-order valence-electron chi connectivity index (χ3n) is 4.11. The largest absolute Gasteiger partial charge is 0.348 e. The number of amides is 2. The van der Waals surface area contributed by atoms with Crippen LogP contribution in [0.15, 0.2) is 36.4 Å². The molecule has 1 aromatic carbocycles. The molecular weight excluding hydrogens is 318 g/mol. The number of aromatic nitrogens is 3. The Morgan fingerprint density at radius 2 is 2.16 bits per heavy atom. The Hall–Kier alpha value is -2.96. The highest BCUT2D eigenvalue weighted by Crippen LogP contribution is 2.19. The van der Waals surface area contributed by atoms with Gasteiger partial charge in [-0.25, -0.2) is 4.98 Å². The van der Waals surface area contributed by atoms with Crippen molar-refractivity contribution in [2.24, 2.45) is 5.92 Å². The second-order valence-corrected chi connectivity index (χ2v) is 6.14. The maximum absolute atomic E-state index is 12.1. The Balaban J connectivity index is 1.56. The molecule has 1 aromatic heterocycles. The molecule has 3 N–H and O–H groups in total. The van der Waals surface area contributed by atoms with E-state index >= 15 is 0 Å². The Labute approximate surface area is 145 Å². The average molecular weight is 339 g/mol. The number of nitrogens with one attached hydrogen (secondary N) is 3. The van der Waals surface area contributed by atoms with Crippen molar-refractivity contribution in [3.8, 4) is 11.4 Å². The first-order valence-electron chi connectivity index (χ1n) is 8.35. The molecule has 2 aromatic rings. The molecule has 130 valence electrons. The molecule has 0 saturated carbocycles. The number of carbonyl (C=O) groups is 2. The van der Waals surface area contributed by atoms with Crippen LogP contribution in [-0.4, -0.2) is 33.5 Å². The first-order valence-corrected chi connectivity index (χ1v) is 8.35. The van der Waals surface area contributed by atoms with Crippen molar-refractivity contribution in [1.29, 1.82) is 0 Å². The monoisotopic (exact) mass is 339 g/mol. The minimum absolute atomic E-state index is 0.402. The van der Waals surface area contributed by atoms with E-state index in [1.807, 2.05) is 13.0 Å². The molecule has 1 aliphatic rings. The Morgan fingerprint density at radius 3 is 2.88 bits per heavy atom. The van der Waals surface area contributed by atoms with Gasteiger partial charge in [-0.2, -0.15) is 5.10 Å². The fraction of sp³-hybridized carbons (Fsp3) is 0.333. The predicted octanol–water partition coefficient (Wildman–Crippen LogP) is 2.19. The van der Waals surface area contributed by atoms with Crippen LogP contribution in [0, 0.1) is 12.8 Å². The smallest absolute Gasteiger partial charge is 0.313 e. The topological polar surface area (TPSA) is 99.8 Å². The van der Waals surface area contributed by atoms with Crippen molar-refractivity contribution in [2.45, 2.75) is 26.2 Å². The summed E-state index contributed by atoms with van der Waals surface area (Å²) in [5, 5.41) is 12.2. The number of carbonyl (C=O) groups excluding carboxylic acids is 2. The van der Waals surface area contributed by atoms with E-state index in [0.717, 1.165) is 24.8 Å². The van der Waals surface area contributed by atoms with Crippen LogP contribution in [0.3, 0.4) is 0 Å². The van der Waals surface area contributed by atoms with Crippen LogP contribution in [-0.2, 0) is 9.59 Å². The average Bonchev–Trinajstić information content (AvgIpc) is 3.07. The molecule has 7 nitrogen and oxygen atoms in total. The quantitative estimate of drug-likeness (QED) is 0.587. The van der Waals surface area contributed by atoms with E-state index in [1.54, 1.807) is 18.2 Å². The van der Waals surface area contributed by atoms with Gasteiger partial charge < -0.3 is 10.6 Å². The number of aryl methyl sites for hydroxylation is 1. The molecule has 7 heteroatoms. The molecule has 0 aliphatic heterocycles. The van der Waals surface area contributed by atoms with E-state index in [1.165, 1.54) is 0 Å². The number of benzene rings is 1. The minimum Gasteiger partial charge on any atom is -0.348 e. The van der Waals surface area contributed by atoms with Crippen LogP contribution in [0.4, 0.5) is 5.69 Å². The second kappa shape index (κ2) is 7.74. The molecule has 0 radical (unpaired) electrons. The summed E-state index contributed by atoms with van der Waals surface area (Å²) in [5.74, 6) is 0.368. The van der Waals surface area contributed by atoms with E-state index in [-0.39, 0.29) is 0 Å². The summed E-state index contributed by atoms with van der Waals surface area (Å²) in [7, 11) is 0. The highest BCUT2D eigenvalue weighted by atomic mass is 16.2. The van der Waals surface area contributed by atoms with Crippen molar-refractivity contribution >= 4 is 17.5 Å². The molecule has 1 atom stereocenters. The van der Waals surface area contributed by atoms with Gasteiger partial charge in [0.25, 0.3) is 0 Å². The van der Waals surface area contributed by atoms with Gasteiger partial charge in [-0.15, -0.1) is 0 Å². The minimum atomic E-state index is -0.672. The fourth-order valence-corrected chi connectivity index (χ4v) is 2.75. The standard InChI is InChI=1S/C18H21N5O2/c1-12-20-16(23-22-12)14-8-5-9-15(10-14)21-18(25)17(24)19-11-13-6-3-2-4-7-13/h2-3,5,8-10,13H,4,6-7,11H2,1H3,(H,19,24)(H,21,25)(H,20,22,23)/t13-/m1/s1. The summed E-state index contributed by atoms with van der Waals surface area (Å²) >= 11 is 0. The highest BCUT2D eigenvalue weighted by molar-refractivity contribution is 6.39. The fourth-order valence-electron chi connectivity index (χ4n) is 2.75. The summed E-state index contributed by atoms with van der Waals surface area (Å²) in [5.41, 5.74) is 1.29. The van der Waals surface area contributed by atoms with Gasteiger partial charge in [0.05, 0.1) is 0 Å². The van der Waals surface area contributed by atoms with Crippen LogP contribution in [0.5, 0.6) is 0 Å². The van der Waals surface area contributed by atoms with Crippen molar-refractivity contribution in [3.05, 3.63) is 42.2 Å². The number of allylic oxidation sites excluding steroid dienone is 2. The Kier molecular flexibility index (Phi) is 5.23. The van der Waals surface area contributed by atoms with E-state index < -0.39 is 11.8 Å². The molecule has 2 amide bonds. The SMILES string of the molecule is Cc1nc(-c2cccc(NC(=O)C(=O)NC[C@@H]3CC=CCC3)c2)n[nH]1. The van der Waals surface area contributed by atoms with Gasteiger partial charge in [0.2, 0.25) is 0 Å². The molecule has 0 saturated heterocycles. The number of H-pyrrole nitrogens is 1. The third-order valence-corrected chi connectivity index (χ3v) is 4.11. The number of rotatable bonds is 4. The van der Waals surface area contributed by atoms with Gasteiger partial charge in [0.1, 0.15) is 5.82 Å². The van der Waals surface area contributed by atoms with Gasteiger partial charge >= 0.3 is 11.8 Å². The van der Waals surface area contributed by atoms with Crippen molar-refractivity contribution < 1.29 is 9.59 Å². The molecule has 3 rings (SSSR count). The molecule has 1 heterocycles. The van der Waals surface area contributed by atoms with E-state index in [4.69, 9.17) is 0 Å². The number of aromatic amines is 1. The van der Waals surface area contributed by atoms with Crippen LogP contribution >= 0.6 is 0 Å². The lowest BCUT2D eigenvalue weighted by Gasteiger charge is -2.17. The lowest BCUT2D eigenvalue weighted by atomic mass is 9.94. The molecular formula is C18H21N5O2. The zero-order valence-electron chi connectivity index (χ0n) is 14.1. The van der Waals surface area contributed by atoms with Crippen molar-refractivity contribution in [2.75, 3.05) is 11.9 Å². The summed E-state index contributed by atoms with van der Waals surface area (Å²) in [4.78, 5) is 28.3. The van der Waals surface area contributed by atoms with E-state index in [0.29, 0.717) is 29.8 Å². The van der Waals surface area contributed by atoms with Crippen molar-refractivity contribution in [3.63, 3.8) is 0 Å². The van der Waals surface area contributed by atoms with Gasteiger partial charge in [-0.05, 0) is 44.2 Å². The molecule has 0 unspecified atom stereocenters. The lowest BCUT2D eigenvalue weighted by molar-refractivity contribution is -0.136. The normalized spacial score (nSPS) is 16.4. The van der Waals surface area contributed by atoms with Gasteiger partial charge in [0.15, 0.2) is 5.82 Å². The maximum atomic E-state index is 12.1. The summed E-state index contributed by atoms with van der Waals surface area (Å²) < 4.78 is 0. The van der Waals surface area contributed by atoms with Crippen LogP contribution < -0.4 is 10.6 Å². The van der Waals surface area contributed by atoms with Crippen molar-refractivity contribution in [1.82, 2.24) is 20.5 Å². The number of hydrogen-bond donors (Lipinski definition) is 3. The van der Waals surface area contributed by atoms with Crippen LogP contribution in [0.25, 0.3) is 11.4 Å². The lowest BCUT2D eigenvalue weighted by Crippen LogP contribution is -2.38. The summed E-state index contributed by atoms with van der Waals surface area (Å²) in [6, 6.07) is 7.08. The first kappa shape index (κ1) is 16.9. The second-order valence-electron chi connectivity index (χ2n) is 6.14. The molecule has 0 spiro atoms. The van der Waals surface area contributed by atoms with E-state index in [2.05, 4.69) is 38.0 Å². The first-order chi connectivity index (χ1) is 12.1. The number of anilines is 1. The maximum Gasteiger partial charge on any atom is 0.313 e. The Bertz CT molecular complexity index is 796.